The van der Waals surface area contributed by atoms with Gasteiger partial charge in [0.2, 0.25) is 0 Å². The number of nitrogens with one attached hydrogen (secondary N) is 2. The van der Waals surface area contributed by atoms with Crippen LogP contribution in [0, 0.1) is 0 Å². The van der Waals surface area contributed by atoms with Crippen molar-refractivity contribution >= 4 is 39.8 Å². The predicted molar refractivity (Wildman–Crippen MR) is 124 cm³/mol. The Bertz CT molecular complexity index is 800. The first kappa shape index (κ1) is 24.2. The highest BCUT2D eigenvalue weighted by Gasteiger charge is 2.13. The van der Waals surface area contributed by atoms with Gasteiger partial charge in [-0.05, 0) is 31.2 Å². The molecule has 2 N–H and O–H groups in total. The number of rotatable bonds is 10. The Hall–Kier alpha value is -1.81. The molecule has 154 valence electrons. The molecule has 0 heterocycles. The molecule has 0 atom stereocenters. The van der Waals surface area contributed by atoms with Crippen LogP contribution in [0.15, 0.2) is 70.6 Å². The lowest BCUT2D eigenvalue weighted by atomic mass is 10.3. The van der Waals surface area contributed by atoms with Crippen LogP contribution < -0.4 is 15.4 Å². The van der Waals surface area contributed by atoms with E-state index in [2.05, 4.69) is 15.6 Å². The molecule has 0 aliphatic heterocycles. The van der Waals surface area contributed by atoms with Crippen LogP contribution in [0.3, 0.4) is 0 Å². The third kappa shape index (κ3) is 8.92. The molecule has 2 aromatic rings. The number of para-hydroxylation sites is 1. The van der Waals surface area contributed by atoms with Gasteiger partial charge in [0, 0.05) is 26.1 Å². The van der Waals surface area contributed by atoms with Gasteiger partial charge in [0.1, 0.15) is 5.75 Å². The Kier molecular flexibility index (Phi) is 11.6. The Balaban J connectivity index is 0.00000392. The van der Waals surface area contributed by atoms with Crippen LogP contribution in [0.5, 0.6) is 5.75 Å². The van der Waals surface area contributed by atoms with Crippen molar-refractivity contribution in [3.63, 3.8) is 0 Å². The van der Waals surface area contributed by atoms with E-state index in [9.17, 15) is 8.42 Å². The van der Waals surface area contributed by atoms with E-state index in [1.54, 1.807) is 30.3 Å². The van der Waals surface area contributed by atoms with Gasteiger partial charge in [-0.15, -0.1) is 24.0 Å². The van der Waals surface area contributed by atoms with Crippen molar-refractivity contribution in [1.82, 2.24) is 10.6 Å². The van der Waals surface area contributed by atoms with Crippen LogP contribution in [0.25, 0.3) is 0 Å². The summed E-state index contributed by atoms with van der Waals surface area (Å²) < 4.78 is 30.2. The van der Waals surface area contributed by atoms with E-state index in [1.165, 1.54) is 0 Å². The van der Waals surface area contributed by atoms with Gasteiger partial charge in [0.05, 0.1) is 17.3 Å². The van der Waals surface area contributed by atoms with Crippen molar-refractivity contribution in [2.75, 3.05) is 32.0 Å². The second-order valence-electron chi connectivity index (χ2n) is 5.83. The van der Waals surface area contributed by atoms with E-state index in [-0.39, 0.29) is 29.7 Å². The number of nitrogens with zero attached hydrogens (tertiary/aromatic N) is 1. The smallest absolute Gasteiger partial charge is 0.191 e. The summed E-state index contributed by atoms with van der Waals surface area (Å²) in [7, 11) is -3.30. The molecule has 0 unspecified atom stereocenters. The van der Waals surface area contributed by atoms with E-state index >= 15 is 0 Å². The Morgan fingerprint density at radius 1 is 1.00 bits per heavy atom. The normalized spacial score (nSPS) is 11.4. The van der Waals surface area contributed by atoms with Crippen molar-refractivity contribution in [3.05, 3.63) is 60.7 Å². The molecule has 0 aliphatic carbocycles. The molecule has 0 aliphatic rings. The minimum absolute atomic E-state index is 0. The first-order valence-corrected chi connectivity index (χ1v) is 10.7. The van der Waals surface area contributed by atoms with Gasteiger partial charge in [-0.1, -0.05) is 36.4 Å². The number of aliphatic imine (C=N–C) groups is 1. The second kappa shape index (κ2) is 13.4. The van der Waals surface area contributed by atoms with Gasteiger partial charge in [-0.3, -0.25) is 4.99 Å². The van der Waals surface area contributed by atoms with Gasteiger partial charge >= 0.3 is 0 Å². The largest absolute Gasteiger partial charge is 0.494 e. The number of guanidine groups is 1. The fourth-order valence-corrected chi connectivity index (χ4v) is 3.53. The fraction of sp³-hybridized carbons (Fsp3) is 0.350. The SMILES string of the molecule is CCNC(=NCCCOc1ccccc1)NCCS(=O)(=O)c1ccccc1.I. The molecule has 0 radical (unpaired) electrons. The maximum Gasteiger partial charge on any atom is 0.191 e. The second-order valence-corrected chi connectivity index (χ2v) is 7.94. The summed E-state index contributed by atoms with van der Waals surface area (Å²) in [6.45, 7) is 4.14. The van der Waals surface area contributed by atoms with E-state index in [0.29, 0.717) is 37.1 Å². The Morgan fingerprint density at radius 3 is 2.29 bits per heavy atom. The van der Waals surface area contributed by atoms with Crippen LogP contribution >= 0.6 is 24.0 Å². The summed E-state index contributed by atoms with van der Waals surface area (Å²) in [4.78, 5) is 4.80. The molecule has 6 nitrogen and oxygen atoms in total. The summed E-state index contributed by atoms with van der Waals surface area (Å²) in [5.41, 5.74) is 0. The number of ether oxygens (including phenoxy) is 1. The minimum atomic E-state index is -3.30. The van der Waals surface area contributed by atoms with Crippen LogP contribution in [0.1, 0.15) is 13.3 Å². The van der Waals surface area contributed by atoms with Gasteiger partial charge in [-0.25, -0.2) is 8.42 Å². The maximum absolute atomic E-state index is 12.3. The zero-order chi connectivity index (χ0) is 19.4. The molecule has 0 saturated heterocycles. The van der Waals surface area contributed by atoms with Crippen molar-refractivity contribution < 1.29 is 13.2 Å². The molecule has 8 heteroatoms. The monoisotopic (exact) mass is 517 g/mol. The Morgan fingerprint density at radius 2 is 1.64 bits per heavy atom. The van der Waals surface area contributed by atoms with Gasteiger partial charge < -0.3 is 15.4 Å². The molecule has 0 bridgehead atoms. The quantitative estimate of drug-likeness (QED) is 0.219. The summed E-state index contributed by atoms with van der Waals surface area (Å²) in [5, 5.41) is 6.19. The topological polar surface area (TPSA) is 79.8 Å². The predicted octanol–water partition coefficient (Wildman–Crippen LogP) is 3.10. The van der Waals surface area contributed by atoms with E-state index in [1.807, 2.05) is 37.3 Å². The minimum Gasteiger partial charge on any atom is -0.494 e. The summed E-state index contributed by atoms with van der Waals surface area (Å²) in [6.07, 6.45) is 0.772. The van der Waals surface area contributed by atoms with Crippen LogP contribution in [-0.4, -0.2) is 46.4 Å². The van der Waals surface area contributed by atoms with E-state index in [4.69, 9.17) is 4.74 Å². The van der Waals surface area contributed by atoms with Crippen molar-refractivity contribution in [2.45, 2.75) is 18.2 Å². The third-order valence-electron chi connectivity index (χ3n) is 3.69. The average Bonchev–Trinajstić information content (AvgIpc) is 2.69. The van der Waals surface area contributed by atoms with Crippen molar-refractivity contribution in [3.8, 4) is 5.75 Å². The summed E-state index contributed by atoms with van der Waals surface area (Å²) in [5.74, 6) is 1.47. The first-order chi connectivity index (χ1) is 13.1. The fourth-order valence-electron chi connectivity index (χ4n) is 2.35. The van der Waals surface area contributed by atoms with Crippen molar-refractivity contribution in [2.24, 2.45) is 4.99 Å². The van der Waals surface area contributed by atoms with Crippen LogP contribution in [0.4, 0.5) is 0 Å². The molecule has 28 heavy (non-hydrogen) atoms. The maximum atomic E-state index is 12.3. The highest BCUT2D eigenvalue weighted by atomic mass is 127. The molecule has 2 aromatic carbocycles. The lowest BCUT2D eigenvalue weighted by Gasteiger charge is -2.12. The number of hydrogen-bond acceptors (Lipinski definition) is 4. The lowest BCUT2D eigenvalue weighted by Crippen LogP contribution is -2.39. The molecule has 2 rings (SSSR count). The highest BCUT2D eigenvalue weighted by Crippen LogP contribution is 2.09. The zero-order valence-corrected chi connectivity index (χ0v) is 19.2. The number of sulfone groups is 1. The van der Waals surface area contributed by atoms with Gasteiger partial charge in [-0.2, -0.15) is 0 Å². The van der Waals surface area contributed by atoms with Crippen LogP contribution in [-0.2, 0) is 9.84 Å². The van der Waals surface area contributed by atoms with Gasteiger partial charge in [0.15, 0.2) is 15.8 Å². The van der Waals surface area contributed by atoms with Crippen LogP contribution in [0.2, 0.25) is 0 Å². The first-order valence-electron chi connectivity index (χ1n) is 9.09. The summed E-state index contributed by atoms with van der Waals surface area (Å²) in [6, 6.07) is 18.1. The third-order valence-corrected chi connectivity index (χ3v) is 5.43. The number of hydrogen-bond donors (Lipinski definition) is 2. The molecule has 0 saturated carbocycles. The molecule has 0 aromatic heterocycles. The van der Waals surface area contributed by atoms with Gasteiger partial charge in [0.25, 0.3) is 0 Å². The molecule has 0 amide bonds. The van der Waals surface area contributed by atoms with Crippen molar-refractivity contribution in [1.29, 1.82) is 0 Å². The zero-order valence-electron chi connectivity index (χ0n) is 16.0. The lowest BCUT2D eigenvalue weighted by molar-refractivity contribution is 0.313. The molecular weight excluding hydrogens is 489 g/mol. The molecule has 0 spiro atoms. The molecular formula is C20H28IN3O3S. The van der Waals surface area contributed by atoms with E-state index < -0.39 is 9.84 Å². The number of benzene rings is 2. The molecule has 0 fully saturated rings. The summed E-state index contributed by atoms with van der Waals surface area (Å²) >= 11 is 0. The number of halogens is 1. The average molecular weight is 517 g/mol. The Labute approximate surface area is 184 Å². The highest BCUT2D eigenvalue weighted by molar-refractivity contribution is 14.0. The van der Waals surface area contributed by atoms with E-state index in [0.717, 1.165) is 12.2 Å². The standard InChI is InChI=1S/C20H27N3O3S.HI/c1-2-21-20(22-14-9-16-26-18-10-5-3-6-11-18)23-15-17-27(24,25)19-12-7-4-8-13-19;/h3-8,10-13H,2,9,14-17H2,1H3,(H2,21,22,23);1H.